The molecule has 0 saturated heterocycles. The summed E-state index contributed by atoms with van der Waals surface area (Å²) in [5.74, 6) is 0. The molecule has 0 fully saturated rings. The fourth-order valence-electron chi connectivity index (χ4n) is 4.71. The number of hydrogen-bond donors (Lipinski definition) is 0. The Labute approximate surface area is 188 Å². The van der Waals surface area contributed by atoms with Crippen LogP contribution in [0, 0.1) is 0 Å². The first-order chi connectivity index (χ1) is 16.1. The minimum atomic E-state index is -0.398. The van der Waals surface area contributed by atoms with Crippen LogP contribution in [-0.4, -0.2) is 18.5 Å². The van der Waals surface area contributed by atoms with E-state index in [1.807, 2.05) is 71.1 Å². The molecular formula is C27H20N4O2. The van der Waals surface area contributed by atoms with Gasteiger partial charge >= 0.3 is 5.69 Å². The van der Waals surface area contributed by atoms with Gasteiger partial charge in [0.15, 0.2) is 11.2 Å². The SMILES string of the molecule is Cn1c(=O)c2c(nc3c(-c4ccccc4)c(-c4ccccc4)c4ccccc4n32)n(C)c1=O. The minimum absolute atomic E-state index is 0.364. The topological polar surface area (TPSA) is 61.3 Å². The van der Waals surface area contributed by atoms with Gasteiger partial charge in [0.05, 0.1) is 5.52 Å². The maximum absolute atomic E-state index is 13.3. The van der Waals surface area contributed by atoms with Gasteiger partial charge in [0.1, 0.15) is 5.65 Å². The number of pyridine rings is 1. The summed E-state index contributed by atoms with van der Waals surface area (Å²) in [6, 6.07) is 28.3. The van der Waals surface area contributed by atoms with Gasteiger partial charge in [-0.1, -0.05) is 78.9 Å². The lowest BCUT2D eigenvalue weighted by atomic mass is 9.92. The normalized spacial score (nSPS) is 11.6. The highest BCUT2D eigenvalue weighted by Gasteiger charge is 2.23. The highest BCUT2D eigenvalue weighted by Crippen LogP contribution is 2.41. The summed E-state index contributed by atoms with van der Waals surface area (Å²) in [4.78, 5) is 30.9. The van der Waals surface area contributed by atoms with Crippen molar-refractivity contribution in [2.24, 2.45) is 14.1 Å². The molecule has 0 bridgehead atoms. The Kier molecular flexibility index (Phi) is 4.10. The van der Waals surface area contributed by atoms with Crippen molar-refractivity contribution in [3.63, 3.8) is 0 Å². The average Bonchev–Trinajstić information content (AvgIpc) is 3.27. The highest BCUT2D eigenvalue weighted by atomic mass is 16.2. The van der Waals surface area contributed by atoms with Crippen molar-refractivity contribution in [2.45, 2.75) is 0 Å². The van der Waals surface area contributed by atoms with Gasteiger partial charge in [0.2, 0.25) is 0 Å². The third-order valence-electron chi connectivity index (χ3n) is 6.27. The number of aromatic nitrogens is 4. The van der Waals surface area contributed by atoms with Crippen molar-refractivity contribution in [2.75, 3.05) is 0 Å². The van der Waals surface area contributed by atoms with E-state index in [4.69, 9.17) is 4.98 Å². The molecule has 160 valence electrons. The number of nitrogens with zero attached hydrogens (tertiary/aromatic N) is 4. The molecule has 33 heavy (non-hydrogen) atoms. The van der Waals surface area contributed by atoms with E-state index in [1.54, 1.807) is 7.05 Å². The van der Waals surface area contributed by atoms with Crippen LogP contribution in [0.15, 0.2) is 94.5 Å². The molecule has 0 aliphatic carbocycles. The fourth-order valence-corrected chi connectivity index (χ4v) is 4.71. The fraction of sp³-hybridized carbons (Fsp3) is 0.0741. The van der Waals surface area contributed by atoms with Crippen LogP contribution in [-0.2, 0) is 14.1 Å². The van der Waals surface area contributed by atoms with Crippen molar-refractivity contribution in [3.05, 3.63) is 106 Å². The van der Waals surface area contributed by atoms with Crippen LogP contribution < -0.4 is 11.2 Å². The first kappa shape index (κ1) is 19.3. The van der Waals surface area contributed by atoms with E-state index in [9.17, 15) is 9.59 Å². The summed E-state index contributed by atoms with van der Waals surface area (Å²) in [7, 11) is 3.15. The molecule has 0 saturated carbocycles. The molecule has 3 aromatic carbocycles. The number of rotatable bonds is 2. The maximum atomic E-state index is 13.3. The van der Waals surface area contributed by atoms with E-state index in [1.165, 1.54) is 11.6 Å². The minimum Gasteiger partial charge on any atom is -0.285 e. The molecule has 6 heteroatoms. The van der Waals surface area contributed by atoms with Crippen LogP contribution >= 0.6 is 0 Å². The molecule has 6 rings (SSSR count). The van der Waals surface area contributed by atoms with E-state index in [0.29, 0.717) is 16.8 Å². The lowest BCUT2D eigenvalue weighted by Crippen LogP contribution is -2.37. The predicted octanol–water partition coefficient (Wildman–Crippen LogP) is 4.37. The average molecular weight is 432 g/mol. The van der Waals surface area contributed by atoms with Crippen LogP contribution in [0.4, 0.5) is 0 Å². The third kappa shape index (κ3) is 2.64. The Morgan fingerprint density at radius 3 is 1.88 bits per heavy atom. The second kappa shape index (κ2) is 7.03. The lowest BCUT2D eigenvalue weighted by molar-refractivity contribution is 0.708. The highest BCUT2D eigenvalue weighted by molar-refractivity contribution is 6.09. The molecule has 0 N–H and O–H groups in total. The first-order valence-corrected chi connectivity index (χ1v) is 10.7. The molecule has 0 spiro atoms. The molecule has 3 heterocycles. The Morgan fingerprint density at radius 2 is 1.21 bits per heavy atom. The molecule has 0 aliphatic rings. The quantitative estimate of drug-likeness (QED) is 0.408. The summed E-state index contributed by atoms with van der Waals surface area (Å²) in [6.07, 6.45) is 0. The van der Waals surface area contributed by atoms with E-state index >= 15 is 0 Å². The Morgan fingerprint density at radius 1 is 0.636 bits per heavy atom. The molecule has 6 aromatic rings. The van der Waals surface area contributed by atoms with Crippen molar-refractivity contribution in [3.8, 4) is 22.3 Å². The molecule has 0 atom stereocenters. The van der Waals surface area contributed by atoms with Gasteiger partial charge in [-0.3, -0.25) is 18.3 Å². The standard InChI is InChI=1S/C27H20N4O2/c1-29-25-23(26(32)30(2)27(29)33)31-20-16-10-9-15-19(20)21(17-11-5-3-6-12-17)22(24(31)28-25)18-13-7-4-8-14-18/h3-16H,1-2H3. The van der Waals surface area contributed by atoms with Gasteiger partial charge < -0.3 is 0 Å². The van der Waals surface area contributed by atoms with Gasteiger partial charge in [-0.2, -0.15) is 0 Å². The molecule has 3 aromatic heterocycles. The summed E-state index contributed by atoms with van der Waals surface area (Å²) in [6.45, 7) is 0. The predicted molar refractivity (Wildman–Crippen MR) is 132 cm³/mol. The summed E-state index contributed by atoms with van der Waals surface area (Å²) in [5.41, 5.74) is 5.53. The number of hydrogen-bond acceptors (Lipinski definition) is 3. The smallest absolute Gasteiger partial charge is 0.285 e. The van der Waals surface area contributed by atoms with Crippen molar-refractivity contribution < 1.29 is 0 Å². The number of para-hydroxylation sites is 1. The van der Waals surface area contributed by atoms with E-state index in [0.717, 1.165) is 37.7 Å². The van der Waals surface area contributed by atoms with E-state index < -0.39 is 5.69 Å². The van der Waals surface area contributed by atoms with Crippen LogP contribution in [0.5, 0.6) is 0 Å². The van der Waals surface area contributed by atoms with Crippen molar-refractivity contribution in [1.29, 1.82) is 0 Å². The number of fused-ring (bicyclic) bond motifs is 5. The van der Waals surface area contributed by atoms with Gasteiger partial charge in [0.25, 0.3) is 5.56 Å². The van der Waals surface area contributed by atoms with Crippen LogP contribution in [0.2, 0.25) is 0 Å². The molecule has 0 unspecified atom stereocenters. The molecule has 0 amide bonds. The maximum Gasteiger partial charge on any atom is 0.332 e. The largest absolute Gasteiger partial charge is 0.332 e. The molecule has 0 radical (unpaired) electrons. The Hall–Kier alpha value is -4.45. The van der Waals surface area contributed by atoms with Crippen molar-refractivity contribution in [1.82, 2.24) is 18.5 Å². The number of benzene rings is 3. The number of aryl methyl sites for hydroxylation is 1. The summed E-state index contributed by atoms with van der Waals surface area (Å²) in [5, 5.41) is 1.00. The van der Waals surface area contributed by atoms with Crippen LogP contribution in [0.1, 0.15) is 0 Å². The van der Waals surface area contributed by atoms with E-state index in [2.05, 4.69) is 18.2 Å². The lowest BCUT2D eigenvalue weighted by Gasteiger charge is -2.16. The zero-order valence-electron chi connectivity index (χ0n) is 18.2. The second-order valence-corrected chi connectivity index (χ2v) is 8.15. The van der Waals surface area contributed by atoms with E-state index in [-0.39, 0.29) is 5.56 Å². The van der Waals surface area contributed by atoms with Crippen LogP contribution in [0.3, 0.4) is 0 Å². The Balaban J connectivity index is 1.99. The van der Waals surface area contributed by atoms with Gasteiger partial charge in [-0.25, -0.2) is 9.78 Å². The van der Waals surface area contributed by atoms with Gasteiger partial charge in [0, 0.05) is 30.6 Å². The molecular weight excluding hydrogens is 412 g/mol. The Bertz CT molecular complexity index is 1810. The third-order valence-corrected chi connectivity index (χ3v) is 6.27. The van der Waals surface area contributed by atoms with Crippen molar-refractivity contribution >= 4 is 27.7 Å². The second-order valence-electron chi connectivity index (χ2n) is 8.15. The van der Waals surface area contributed by atoms with Gasteiger partial charge in [-0.15, -0.1) is 0 Å². The first-order valence-electron chi connectivity index (χ1n) is 10.7. The van der Waals surface area contributed by atoms with Crippen LogP contribution in [0.25, 0.3) is 50.0 Å². The summed E-state index contributed by atoms with van der Waals surface area (Å²) >= 11 is 0. The zero-order chi connectivity index (χ0) is 22.7. The monoisotopic (exact) mass is 432 g/mol. The molecule has 0 aliphatic heterocycles. The van der Waals surface area contributed by atoms with Gasteiger partial charge in [-0.05, 0) is 17.2 Å². The number of imidazole rings is 1. The zero-order valence-corrected chi connectivity index (χ0v) is 18.2. The molecule has 6 nitrogen and oxygen atoms in total. The summed E-state index contributed by atoms with van der Waals surface area (Å²) < 4.78 is 4.48.